The van der Waals surface area contributed by atoms with Crippen molar-refractivity contribution in [1.82, 2.24) is 15.5 Å². The second kappa shape index (κ2) is 9.34. The zero-order chi connectivity index (χ0) is 18.2. The molecule has 1 amide bonds. The molecule has 6 heteroatoms. The lowest BCUT2D eigenvalue weighted by Gasteiger charge is -2.12. The highest BCUT2D eigenvalue weighted by Crippen LogP contribution is 2.19. The van der Waals surface area contributed by atoms with E-state index in [2.05, 4.69) is 26.9 Å². The zero-order valence-electron chi connectivity index (χ0n) is 14.7. The molecule has 0 spiro atoms. The van der Waals surface area contributed by atoms with E-state index >= 15 is 0 Å². The lowest BCUT2D eigenvalue weighted by molar-refractivity contribution is 0.0948. The highest BCUT2D eigenvalue weighted by Gasteiger charge is 2.09. The van der Waals surface area contributed by atoms with Gasteiger partial charge in [0.2, 0.25) is 0 Å². The van der Waals surface area contributed by atoms with Gasteiger partial charge >= 0.3 is 0 Å². The minimum Gasteiger partial charge on any atom is -0.364 e. The zero-order valence-corrected chi connectivity index (χ0v) is 15.4. The molecule has 3 rings (SSSR count). The number of halogens is 1. The number of anilines is 1. The molecule has 0 bridgehead atoms. The maximum absolute atomic E-state index is 12.2. The topological polar surface area (TPSA) is 66.9 Å². The van der Waals surface area contributed by atoms with Crippen molar-refractivity contribution in [2.45, 2.75) is 38.6 Å². The number of nitrogens with zero attached hydrogens (tertiary/aromatic N) is 2. The van der Waals surface area contributed by atoms with Crippen molar-refractivity contribution in [3.8, 4) is 0 Å². The second-order valence-electron chi connectivity index (χ2n) is 6.36. The van der Waals surface area contributed by atoms with Crippen LogP contribution in [0, 0.1) is 0 Å². The Morgan fingerprint density at radius 2 is 2.00 bits per heavy atom. The average molecular weight is 371 g/mol. The number of rotatable bonds is 7. The molecule has 136 valence electrons. The van der Waals surface area contributed by atoms with Crippen molar-refractivity contribution in [3.63, 3.8) is 0 Å². The minimum absolute atomic E-state index is 0.188. The van der Waals surface area contributed by atoms with Gasteiger partial charge in [0.1, 0.15) is 5.82 Å². The molecular weight excluding hydrogens is 348 g/mol. The molecule has 0 atom stereocenters. The summed E-state index contributed by atoms with van der Waals surface area (Å²) < 4.78 is 0. The van der Waals surface area contributed by atoms with Crippen LogP contribution in [0.1, 0.15) is 48.2 Å². The van der Waals surface area contributed by atoms with Gasteiger partial charge in [-0.15, -0.1) is 10.2 Å². The fraction of sp³-hybridized carbons (Fsp3) is 0.350. The Balaban J connectivity index is 1.46. The van der Waals surface area contributed by atoms with E-state index in [4.69, 9.17) is 11.6 Å². The van der Waals surface area contributed by atoms with Gasteiger partial charge in [-0.25, -0.2) is 0 Å². The normalized spacial score (nSPS) is 13.8. The van der Waals surface area contributed by atoms with Gasteiger partial charge < -0.3 is 10.6 Å². The summed E-state index contributed by atoms with van der Waals surface area (Å²) in [5.41, 5.74) is 2.75. The minimum atomic E-state index is -0.188. The Morgan fingerprint density at radius 3 is 2.73 bits per heavy atom. The summed E-state index contributed by atoms with van der Waals surface area (Å²) >= 11 is 6.13. The van der Waals surface area contributed by atoms with E-state index in [9.17, 15) is 4.79 Å². The number of hydrogen-bond acceptors (Lipinski definition) is 4. The lowest BCUT2D eigenvalue weighted by Crippen LogP contribution is -2.26. The SMILES string of the molecule is O=C(NCCC1=CCCCC1)c1ccc(NCc2ccccc2Cl)nn1. The standard InChI is InChI=1S/C20H23ClN4O/c21-17-9-5-4-8-16(17)14-23-19-11-10-18(24-25-19)20(26)22-13-12-15-6-2-1-3-7-15/h4-6,8-11H,1-3,7,12-14H2,(H,22,26)(H,23,25). The molecule has 1 aliphatic carbocycles. The van der Waals surface area contributed by atoms with Crippen LogP contribution in [-0.2, 0) is 6.54 Å². The summed E-state index contributed by atoms with van der Waals surface area (Å²) in [6.45, 7) is 1.19. The fourth-order valence-electron chi connectivity index (χ4n) is 2.93. The first-order valence-corrected chi connectivity index (χ1v) is 9.37. The number of aromatic nitrogens is 2. The number of nitrogens with one attached hydrogen (secondary N) is 2. The van der Waals surface area contributed by atoms with E-state index in [1.807, 2.05) is 24.3 Å². The summed E-state index contributed by atoms with van der Waals surface area (Å²) in [6.07, 6.45) is 8.07. The Morgan fingerprint density at radius 1 is 1.12 bits per heavy atom. The molecule has 1 aromatic carbocycles. The van der Waals surface area contributed by atoms with Crippen LogP contribution in [0.3, 0.4) is 0 Å². The van der Waals surface area contributed by atoms with Gasteiger partial charge in [0.05, 0.1) is 0 Å². The van der Waals surface area contributed by atoms with Crippen molar-refractivity contribution in [2.75, 3.05) is 11.9 Å². The van der Waals surface area contributed by atoms with E-state index in [-0.39, 0.29) is 5.91 Å². The van der Waals surface area contributed by atoms with Gasteiger partial charge in [0.25, 0.3) is 5.91 Å². The molecule has 1 aromatic heterocycles. The van der Waals surface area contributed by atoms with Gasteiger partial charge in [-0.1, -0.05) is 41.4 Å². The monoisotopic (exact) mass is 370 g/mol. The Hall–Kier alpha value is -2.40. The first-order chi connectivity index (χ1) is 12.7. The van der Waals surface area contributed by atoms with Gasteiger partial charge in [-0.3, -0.25) is 4.79 Å². The van der Waals surface area contributed by atoms with Crippen LogP contribution in [0.5, 0.6) is 0 Å². The van der Waals surface area contributed by atoms with Crippen LogP contribution in [0.15, 0.2) is 48.0 Å². The Bertz CT molecular complexity index is 774. The third-order valence-corrected chi connectivity index (χ3v) is 4.80. The smallest absolute Gasteiger partial charge is 0.271 e. The molecule has 1 aliphatic rings. The van der Waals surface area contributed by atoms with Crippen LogP contribution in [-0.4, -0.2) is 22.6 Å². The third kappa shape index (κ3) is 5.30. The van der Waals surface area contributed by atoms with E-state index < -0.39 is 0 Å². The highest BCUT2D eigenvalue weighted by atomic mass is 35.5. The maximum atomic E-state index is 12.2. The number of carbonyl (C=O) groups excluding carboxylic acids is 1. The molecule has 2 aromatic rings. The summed E-state index contributed by atoms with van der Waals surface area (Å²) in [6, 6.07) is 11.1. The highest BCUT2D eigenvalue weighted by molar-refractivity contribution is 6.31. The van der Waals surface area contributed by atoms with Gasteiger partial charge in [-0.05, 0) is 55.9 Å². The van der Waals surface area contributed by atoms with Crippen LogP contribution < -0.4 is 10.6 Å². The average Bonchev–Trinajstić information content (AvgIpc) is 2.68. The van der Waals surface area contributed by atoms with Crippen LogP contribution in [0.25, 0.3) is 0 Å². The molecule has 5 nitrogen and oxygen atoms in total. The molecule has 0 fully saturated rings. The van der Waals surface area contributed by atoms with Crippen molar-refractivity contribution < 1.29 is 4.79 Å². The summed E-state index contributed by atoms with van der Waals surface area (Å²) in [5.74, 6) is 0.417. The van der Waals surface area contributed by atoms with Crippen molar-refractivity contribution in [3.05, 3.63) is 64.3 Å². The van der Waals surface area contributed by atoms with E-state index in [1.54, 1.807) is 12.1 Å². The van der Waals surface area contributed by atoms with Crippen LogP contribution in [0.2, 0.25) is 5.02 Å². The predicted molar refractivity (Wildman–Crippen MR) is 104 cm³/mol. The molecule has 1 heterocycles. The molecule has 0 radical (unpaired) electrons. The summed E-state index contributed by atoms with van der Waals surface area (Å²) in [5, 5.41) is 14.8. The first-order valence-electron chi connectivity index (χ1n) is 8.99. The second-order valence-corrected chi connectivity index (χ2v) is 6.77. The molecular formula is C20H23ClN4O. The molecule has 0 unspecified atom stereocenters. The number of benzene rings is 1. The number of carbonyl (C=O) groups is 1. The maximum Gasteiger partial charge on any atom is 0.271 e. The van der Waals surface area contributed by atoms with Crippen molar-refractivity contribution in [1.29, 1.82) is 0 Å². The molecule has 26 heavy (non-hydrogen) atoms. The molecule has 2 N–H and O–H groups in total. The summed E-state index contributed by atoms with van der Waals surface area (Å²) in [4.78, 5) is 12.2. The van der Waals surface area contributed by atoms with Crippen LogP contribution in [0.4, 0.5) is 5.82 Å². The summed E-state index contributed by atoms with van der Waals surface area (Å²) in [7, 11) is 0. The molecule has 0 saturated carbocycles. The fourth-order valence-corrected chi connectivity index (χ4v) is 3.14. The van der Waals surface area contributed by atoms with Gasteiger partial charge in [0.15, 0.2) is 5.69 Å². The van der Waals surface area contributed by atoms with Gasteiger partial charge in [0, 0.05) is 18.1 Å². The number of amides is 1. The first kappa shape index (κ1) is 18.4. The lowest BCUT2D eigenvalue weighted by atomic mass is 9.97. The number of allylic oxidation sites excluding steroid dienone is 1. The Labute approximate surface area is 158 Å². The van der Waals surface area contributed by atoms with Crippen molar-refractivity contribution in [2.24, 2.45) is 0 Å². The van der Waals surface area contributed by atoms with E-state index in [0.29, 0.717) is 29.6 Å². The Kier molecular flexibility index (Phi) is 6.61. The van der Waals surface area contributed by atoms with Crippen LogP contribution >= 0.6 is 11.6 Å². The number of hydrogen-bond donors (Lipinski definition) is 2. The van der Waals surface area contributed by atoms with Crippen molar-refractivity contribution >= 4 is 23.3 Å². The quantitative estimate of drug-likeness (QED) is 0.710. The molecule has 0 saturated heterocycles. The van der Waals surface area contributed by atoms with E-state index in [1.165, 1.54) is 18.4 Å². The third-order valence-electron chi connectivity index (χ3n) is 4.43. The predicted octanol–water partition coefficient (Wildman–Crippen LogP) is 4.36. The van der Waals surface area contributed by atoms with Gasteiger partial charge in [-0.2, -0.15) is 0 Å². The molecule has 0 aliphatic heterocycles. The largest absolute Gasteiger partial charge is 0.364 e. The van der Waals surface area contributed by atoms with E-state index in [0.717, 1.165) is 24.8 Å².